The average molecular weight is 610 g/mol. The summed E-state index contributed by atoms with van der Waals surface area (Å²) in [4.78, 5) is 14.6. The van der Waals surface area contributed by atoms with Crippen molar-refractivity contribution in [2.24, 2.45) is 4.99 Å². The van der Waals surface area contributed by atoms with Crippen molar-refractivity contribution >= 4 is 34.9 Å². The second-order valence-corrected chi connectivity index (χ2v) is 14.3. The molecule has 0 saturated heterocycles. The lowest BCUT2D eigenvalue weighted by Crippen LogP contribution is -2.51. The van der Waals surface area contributed by atoms with Crippen molar-refractivity contribution in [3.8, 4) is 11.5 Å². The Morgan fingerprint density at radius 3 is 2.24 bits per heavy atom. The first kappa shape index (κ1) is 28.0. The Morgan fingerprint density at radius 2 is 1.42 bits per heavy atom. The number of anilines is 3. The number of fused-ring (bicyclic) bond motifs is 5. The summed E-state index contributed by atoms with van der Waals surface area (Å²) in [6.45, 7) is 13.1. The summed E-state index contributed by atoms with van der Waals surface area (Å²) in [6, 6.07) is 33.8. The number of para-hydroxylation sites is 1. The molecule has 8 rings (SSSR count). The number of aryl methyl sites for hydroxylation is 2. The van der Waals surface area contributed by atoms with Crippen molar-refractivity contribution in [1.29, 1.82) is 0 Å². The van der Waals surface area contributed by atoms with Gasteiger partial charge in [0.05, 0.1) is 16.3 Å². The van der Waals surface area contributed by atoms with Gasteiger partial charge in [-0.25, -0.2) is 9.98 Å². The maximum absolute atomic E-state index is 6.88. The third-order valence-electron chi connectivity index (χ3n) is 9.99. The minimum absolute atomic E-state index is 0.218. The minimum atomic E-state index is -0.525. The zero-order valence-corrected chi connectivity index (χ0v) is 27.2. The predicted octanol–water partition coefficient (Wildman–Crippen LogP) is 10.2. The molecule has 0 N–H and O–H groups in total. The lowest BCUT2D eigenvalue weighted by Gasteiger charge is -2.41. The quantitative estimate of drug-likeness (QED) is 0.199. The highest BCUT2D eigenvalue weighted by Gasteiger charge is 2.67. The molecule has 0 unspecified atom stereocenters. The van der Waals surface area contributed by atoms with Crippen LogP contribution in [-0.2, 0) is 15.7 Å². The standard InChI is InChI=1S/C39H35N3O2S/c1-24-18-26(36-41-38(5)31-13-8-7-12-30(31)37(3,4)39(38,6)44-36)22-28(20-24)43-29-21-25(2)19-27(23-29)42-32-14-9-10-15-33(32)45-34-16-11-17-40-35(34)42/h7-23H,1-6H3/t38-,39+/m1/s1. The Labute approximate surface area is 269 Å². The van der Waals surface area contributed by atoms with Gasteiger partial charge >= 0.3 is 0 Å². The van der Waals surface area contributed by atoms with E-state index in [1.54, 1.807) is 11.8 Å². The Hall–Kier alpha value is -4.55. The van der Waals surface area contributed by atoms with Crippen LogP contribution in [0.2, 0.25) is 0 Å². The molecule has 0 radical (unpaired) electrons. The maximum Gasteiger partial charge on any atom is 0.217 e. The molecule has 0 amide bonds. The third kappa shape index (κ3) is 4.08. The van der Waals surface area contributed by atoms with Gasteiger partial charge in [0.15, 0.2) is 5.82 Å². The number of aromatic nitrogens is 1. The number of ether oxygens (including phenoxy) is 2. The average Bonchev–Trinajstić information content (AvgIpc) is 3.37. The van der Waals surface area contributed by atoms with Gasteiger partial charge in [-0.15, -0.1) is 0 Å². The number of rotatable bonds is 4. The summed E-state index contributed by atoms with van der Waals surface area (Å²) in [5.74, 6) is 3.08. The highest BCUT2D eigenvalue weighted by molar-refractivity contribution is 7.99. The maximum atomic E-state index is 6.88. The van der Waals surface area contributed by atoms with E-state index >= 15 is 0 Å². The molecule has 224 valence electrons. The number of hydrogen-bond donors (Lipinski definition) is 0. The first-order valence-corrected chi connectivity index (χ1v) is 16.2. The van der Waals surface area contributed by atoms with E-state index in [-0.39, 0.29) is 5.41 Å². The molecule has 3 heterocycles. The highest BCUT2D eigenvalue weighted by atomic mass is 32.2. The van der Waals surface area contributed by atoms with Crippen molar-refractivity contribution in [3.63, 3.8) is 0 Å². The smallest absolute Gasteiger partial charge is 0.217 e. The first-order chi connectivity index (χ1) is 21.6. The normalized spacial score (nSPS) is 22.1. The van der Waals surface area contributed by atoms with Gasteiger partial charge in [-0.2, -0.15) is 0 Å². The summed E-state index contributed by atoms with van der Waals surface area (Å²) >= 11 is 1.75. The Morgan fingerprint density at radius 1 is 0.733 bits per heavy atom. The lowest BCUT2D eigenvalue weighted by molar-refractivity contribution is -0.0136. The van der Waals surface area contributed by atoms with E-state index in [1.165, 1.54) is 16.0 Å². The van der Waals surface area contributed by atoms with Gasteiger partial charge in [0, 0.05) is 28.1 Å². The molecule has 0 bridgehead atoms. The summed E-state index contributed by atoms with van der Waals surface area (Å²) in [6.07, 6.45) is 1.85. The SMILES string of the molecule is Cc1cc(Oc2cc(C)cc(N3c4ccccc4Sc4cccnc43)c2)cc(C2=N[C@]3(C)c4ccccc4C(C)(C)[C@]3(C)O2)c1. The van der Waals surface area contributed by atoms with Crippen molar-refractivity contribution in [2.75, 3.05) is 4.90 Å². The molecule has 45 heavy (non-hydrogen) atoms. The molecule has 1 aromatic heterocycles. The number of pyridine rings is 1. The topological polar surface area (TPSA) is 47.0 Å². The molecular weight excluding hydrogens is 575 g/mol. The van der Waals surface area contributed by atoms with Crippen molar-refractivity contribution in [1.82, 2.24) is 4.98 Å². The summed E-state index contributed by atoms with van der Waals surface area (Å²) in [7, 11) is 0. The van der Waals surface area contributed by atoms with Crippen molar-refractivity contribution in [3.05, 3.63) is 131 Å². The second kappa shape index (κ2) is 9.72. The van der Waals surface area contributed by atoms with Crippen LogP contribution in [-0.4, -0.2) is 16.5 Å². The van der Waals surface area contributed by atoms with E-state index in [0.29, 0.717) is 5.90 Å². The lowest BCUT2D eigenvalue weighted by atomic mass is 9.71. The zero-order chi connectivity index (χ0) is 31.1. The van der Waals surface area contributed by atoms with Crippen LogP contribution in [0.1, 0.15) is 55.5 Å². The number of hydrogen-bond acceptors (Lipinski definition) is 6. The van der Waals surface area contributed by atoms with Gasteiger partial charge < -0.3 is 9.47 Å². The van der Waals surface area contributed by atoms with Crippen LogP contribution in [0.5, 0.6) is 11.5 Å². The van der Waals surface area contributed by atoms with Gasteiger partial charge in [-0.3, -0.25) is 4.90 Å². The van der Waals surface area contributed by atoms with Crippen LogP contribution in [0.4, 0.5) is 17.2 Å². The predicted molar refractivity (Wildman–Crippen MR) is 182 cm³/mol. The molecule has 0 saturated carbocycles. The van der Waals surface area contributed by atoms with Gasteiger partial charge in [0.2, 0.25) is 5.90 Å². The monoisotopic (exact) mass is 609 g/mol. The Bertz CT molecular complexity index is 2010. The summed E-state index contributed by atoms with van der Waals surface area (Å²) < 4.78 is 13.5. The molecular formula is C39H35N3O2S. The van der Waals surface area contributed by atoms with Gasteiger partial charge in [0.1, 0.15) is 22.6 Å². The van der Waals surface area contributed by atoms with Crippen molar-refractivity contribution in [2.45, 2.75) is 67.9 Å². The molecule has 2 atom stereocenters. The summed E-state index contributed by atoms with van der Waals surface area (Å²) in [5.41, 5.74) is 6.50. The van der Waals surface area contributed by atoms with Crippen LogP contribution in [0.15, 0.2) is 118 Å². The Kier molecular flexibility index (Phi) is 6.04. The van der Waals surface area contributed by atoms with E-state index < -0.39 is 11.1 Å². The van der Waals surface area contributed by atoms with Gasteiger partial charge in [-0.05, 0) is 105 Å². The Balaban J connectivity index is 1.16. The summed E-state index contributed by atoms with van der Waals surface area (Å²) in [5, 5.41) is 0. The van der Waals surface area contributed by atoms with Crippen LogP contribution >= 0.6 is 11.8 Å². The molecule has 6 heteroatoms. The van der Waals surface area contributed by atoms with Crippen LogP contribution in [0, 0.1) is 13.8 Å². The number of aliphatic imine (C=N–C) groups is 1. The molecule has 2 aliphatic heterocycles. The third-order valence-corrected chi connectivity index (χ3v) is 11.1. The fraction of sp³-hybridized carbons (Fsp3) is 0.231. The van der Waals surface area contributed by atoms with Crippen LogP contribution < -0.4 is 9.64 Å². The molecule has 4 aromatic carbocycles. The van der Waals surface area contributed by atoms with Gasteiger partial charge in [0.25, 0.3) is 0 Å². The number of nitrogens with zero attached hydrogens (tertiary/aromatic N) is 3. The largest absolute Gasteiger partial charge is 0.467 e. The molecule has 3 aliphatic rings. The first-order valence-electron chi connectivity index (χ1n) is 15.4. The van der Waals surface area contributed by atoms with Gasteiger partial charge in [-0.1, -0.05) is 62.0 Å². The molecule has 0 spiro atoms. The van der Waals surface area contributed by atoms with E-state index in [9.17, 15) is 0 Å². The van der Waals surface area contributed by atoms with E-state index in [2.05, 4.69) is 131 Å². The molecule has 5 nitrogen and oxygen atoms in total. The van der Waals surface area contributed by atoms with E-state index in [4.69, 9.17) is 19.5 Å². The van der Waals surface area contributed by atoms with Crippen LogP contribution in [0.3, 0.4) is 0 Å². The fourth-order valence-corrected chi connectivity index (χ4v) is 8.38. The fourth-order valence-electron chi connectivity index (χ4n) is 7.35. The highest BCUT2D eigenvalue weighted by Crippen LogP contribution is 2.61. The van der Waals surface area contributed by atoms with Crippen LogP contribution in [0.25, 0.3) is 0 Å². The zero-order valence-electron chi connectivity index (χ0n) is 26.4. The van der Waals surface area contributed by atoms with E-state index in [0.717, 1.165) is 50.3 Å². The molecule has 1 aliphatic carbocycles. The minimum Gasteiger partial charge on any atom is -0.467 e. The molecule has 0 fully saturated rings. The van der Waals surface area contributed by atoms with E-state index in [1.807, 2.05) is 18.3 Å². The second-order valence-electron chi connectivity index (χ2n) is 13.2. The number of benzene rings is 4. The van der Waals surface area contributed by atoms with Crippen molar-refractivity contribution < 1.29 is 9.47 Å². The molecule has 5 aromatic rings.